The van der Waals surface area contributed by atoms with Gasteiger partial charge in [-0.3, -0.25) is 4.79 Å². The van der Waals surface area contributed by atoms with E-state index in [0.717, 1.165) is 0 Å². The van der Waals surface area contributed by atoms with Crippen molar-refractivity contribution in [3.05, 3.63) is 99.2 Å². The zero-order valence-corrected chi connectivity index (χ0v) is 24.0. The first-order valence-electron chi connectivity index (χ1n) is 11.9. The first kappa shape index (κ1) is 29.0. The van der Waals surface area contributed by atoms with Crippen molar-refractivity contribution in [2.75, 3.05) is 17.1 Å². The Morgan fingerprint density at radius 2 is 1.73 bits per heavy atom. The van der Waals surface area contributed by atoms with Crippen LogP contribution in [0.25, 0.3) is 6.08 Å². The van der Waals surface area contributed by atoms with Crippen molar-refractivity contribution < 1.29 is 27.2 Å². The molecule has 0 aliphatic rings. The number of sulfonamides is 1. The van der Waals surface area contributed by atoms with E-state index in [0.29, 0.717) is 49.6 Å². The number of anilines is 2. The highest BCUT2D eigenvalue weighted by Crippen LogP contribution is 2.32. The maximum absolute atomic E-state index is 12.6. The van der Waals surface area contributed by atoms with E-state index in [2.05, 4.69) is 15.2 Å². The van der Waals surface area contributed by atoms with Gasteiger partial charge in [0.25, 0.3) is 10.0 Å². The van der Waals surface area contributed by atoms with Crippen molar-refractivity contribution >= 4 is 56.8 Å². The van der Waals surface area contributed by atoms with Crippen molar-refractivity contribution in [2.45, 2.75) is 25.3 Å². The van der Waals surface area contributed by atoms with E-state index in [1.807, 2.05) is 0 Å². The predicted octanol–water partition coefficient (Wildman–Crippen LogP) is 6.64. The van der Waals surface area contributed by atoms with Gasteiger partial charge in [0, 0.05) is 32.9 Å². The van der Waals surface area contributed by atoms with E-state index in [9.17, 15) is 13.2 Å². The van der Waals surface area contributed by atoms with Crippen molar-refractivity contribution in [1.82, 2.24) is 5.16 Å². The molecule has 0 spiro atoms. The summed E-state index contributed by atoms with van der Waals surface area (Å²) in [5.41, 5.74) is 2.96. The zero-order valence-electron chi connectivity index (χ0n) is 21.7. The van der Waals surface area contributed by atoms with Gasteiger partial charge in [0.15, 0.2) is 11.5 Å². The number of benzene rings is 3. The molecule has 0 saturated carbocycles. The molecule has 1 amide bonds. The highest BCUT2D eigenvalue weighted by molar-refractivity contribution is 7.92. The van der Waals surface area contributed by atoms with E-state index in [-0.39, 0.29) is 17.4 Å². The molecule has 9 nitrogen and oxygen atoms in total. The van der Waals surface area contributed by atoms with Gasteiger partial charge < -0.3 is 19.3 Å². The minimum Gasteiger partial charge on any atom is -0.493 e. The number of hydrogen-bond donors (Lipinski definition) is 2. The topological polar surface area (TPSA) is 120 Å². The zero-order chi connectivity index (χ0) is 28.9. The molecule has 1 aromatic heterocycles. The molecule has 0 atom stereocenters. The molecule has 3 aromatic carbocycles. The molecule has 40 heavy (non-hydrogen) atoms. The van der Waals surface area contributed by atoms with Gasteiger partial charge in [-0.05, 0) is 74.0 Å². The Morgan fingerprint density at radius 3 is 2.35 bits per heavy atom. The van der Waals surface area contributed by atoms with Crippen LogP contribution in [0, 0.1) is 13.8 Å². The van der Waals surface area contributed by atoms with Crippen molar-refractivity contribution in [3.63, 3.8) is 0 Å². The summed E-state index contributed by atoms with van der Waals surface area (Å²) in [6.45, 7) is 3.57. The molecule has 12 heteroatoms. The van der Waals surface area contributed by atoms with Crippen LogP contribution in [-0.4, -0.2) is 26.6 Å². The number of rotatable bonds is 10. The third kappa shape index (κ3) is 6.95. The molecule has 0 radical (unpaired) electrons. The Hall–Kier alpha value is -3.99. The second kappa shape index (κ2) is 12.5. The smallest absolute Gasteiger partial charge is 0.264 e. The quantitative estimate of drug-likeness (QED) is 0.195. The van der Waals surface area contributed by atoms with E-state index in [4.69, 9.17) is 37.2 Å². The van der Waals surface area contributed by atoms with Crippen molar-refractivity contribution in [2.24, 2.45) is 0 Å². The number of carbonyl (C=O) groups excluding carboxylic acids is 1. The largest absolute Gasteiger partial charge is 0.493 e. The van der Waals surface area contributed by atoms with E-state index in [1.54, 1.807) is 56.3 Å². The van der Waals surface area contributed by atoms with Gasteiger partial charge in [-0.1, -0.05) is 40.5 Å². The fraction of sp³-hybridized carbons (Fsp3) is 0.143. The van der Waals surface area contributed by atoms with Gasteiger partial charge in [0.2, 0.25) is 11.8 Å². The van der Waals surface area contributed by atoms with Gasteiger partial charge >= 0.3 is 0 Å². The summed E-state index contributed by atoms with van der Waals surface area (Å²) in [6.07, 6.45) is 2.96. The average molecular weight is 602 g/mol. The number of ether oxygens (including phenoxy) is 2. The molecular weight excluding hydrogens is 577 g/mol. The number of aromatic nitrogens is 1. The summed E-state index contributed by atoms with van der Waals surface area (Å²) in [5.74, 6) is 0.598. The number of aryl methyl sites for hydroxylation is 1. The SMILES string of the molecule is COc1cc(/C=C/C(=O)Nc2ccc(S(=O)(=O)Nc3onc(C)c3C)cc2)ccc1OCc1c(Cl)cccc1Cl. The van der Waals surface area contributed by atoms with E-state index in [1.165, 1.54) is 37.5 Å². The lowest BCUT2D eigenvalue weighted by Crippen LogP contribution is -2.13. The van der Waals surface area contributed by atoms with Crippen LogP contribution in [-0.2, 0) is 21.4 Å². The summed E-state index contributed by atoms with van der Waals surface area (Å²) in [6, 6.07) is 16.1. The lowest BCUT2D eigenvalue weighted by molar-refractivity contribution is -0.111. The van der Waals surface area contributed by atoms with Crippen LogP contribution in [0.2, 0.25) is 10.0 Å². The summed E-state index contributed by atoms with van der Waals surface area (Å²) in [4.78, 5) is 12.5. The molecular formula is C28H25Cl2N3O6S. The number of amides is 1. The normalized spacial score (nSPS) is 11.4. The van der Waals surface area contributed by atoms with Gasteiger partial charge in [-0.2, -0.15) is 0 Å². The molecule has 0 fully saturated rings. The van der Waals surface area contributed by atoms with Crippen molar-refractivity contribution in [3.8, 4) is 11.5 Å². The van der Waals surface area contributed by atoms with Crippen LogP contribution in [0.1, 0.15) is 22.4 Å². The fourth-order valence-corrected chi connectivity index (χ4v) is 5.05. The fourth-order valence-electron chi connectivity index (χ4n) is 3.49. The molecule has 0 aliphatic carbocycles. The van der Waals surface area contributed by atoms with Crippen molar-refractivity contribution in [1.29, 1.82) is 0 Å². The van der Waals surface area contributed by atoms with Crippen LogP contribution in [0.15, 0.2) is 76.2 Å². The monoisotopic (exact) mass is 601 g/mol. The minimum atomic E-state index is -3.89. The number of nitrogens with zero attached hydrogens (tertiary/aromatic N) is 1. The molecule has 0 aliphatic heterocycles. The lowest BCUT2D eigenvalue weighted by Gasteiger charge is -2.13. The summed E-state index contributed by atoms with van der Waals surface area (Å²) in [7, 11) is -2.38. The maximum atomic E-state index is 12.6. The van der Waals surface area contributed by atoms with E-state index >= 15 is 0 Å². The van der Waals surface area contributed by atoms with Gasteiger partial charge in [-0.15, -0.1) is 0 Å². The predicted molar refractivity (Wildman–Crippen MR) is 155 cm³/mol. The third-order valence-electron chi connectivity index (χ3n) is 5.86. The molecule has 0 saturated heterocycles. The maximum Gasteiger partial charge on any atom is 0.264 e. The first-order chi connectivity index (χ1) is 19.1. The highest BCUT2D eigenvalue weighted by atomic mass is 35.5. The third-order valence-corrected chi connectivity index (χ3v) is 7.92. The summed E-state index contributed by atoms with van der Waals surface area (Å²) < 4.78 is 44.0. The number of nitrogens with one attached hydrogen (secondary N) is 2. The highest BCUT2D eigenvalue weighted by Gasteiger charge is 2.19. The van der Waals surface area contributed by atoms with E-state index < -0.39 is 15.9 Å². The van der Waals surface area contributed by atoms with Gasteiger partial charge in [0.05, 0.1) is 17.7 Å². The Bertz CT molecular complexity index is 1650. The number of halogens is 2. The standard InChI is InChI=1S/C28H25Cl2N3O6S/c1-17-18(2)32-39-28(17)33-40(35,36)21-11-9-20(10-12-21)31-27(34)14-8-19-7-13-25(26(15-19)37-3)38-16-22-23(29)5-4-6-24(22)30/h4-15,33H,16H2,1-3H3,(H,31,34)/b14-8+. The molecule has 0 unspecified atom stereocenters. The van der Waals surface area contributed by atoms with Gasteiger partial charge in [0.1, 0.15) is 6.61 Å². The molecule has 1 heterocycles. The summed E-state index contributed by atoms with van der Waals surface area (Å²) >= 11 is 12.4. The van der Waals surface area contributed by atoms with Crippen LogP contribution in [0.5, 0.6) is 11.5 Å². The first-order valence-corrected chi connectivity index (χ1v) is 14.1. The average Bonchev–Trinajstić information content (AvgIpc) is 3.24. The Morgan fingerprint density at radius 1 is 1.02 bits per heavy atom. The molecule has 4 aromatic rings. The van der Waals surface area contributed by atoms with Gasteiger partial charge in [-0.25, -0.2) is 13.1 Å². The number of hydrogen-bond acceptors (Lipinski definition) is 7. The van der Waals surface area contributed by atoms with Crippen LogP contribution < -0.4 is 19.5 Å². The summed E-state index contributed by atoms with van der Waals surface area (Å²) in [5, 5.41) is 7.44. The Labute approximate surface area is 241 Å². The van der Waals surface area contributed by atoms with Crippen LogP contribution in [0.3, 0.4) is 0 Å². The Kier molecular flexibility index (Phi) is 9.03. The van der Waals surface area contributed by atoms with Crippen LogP contribution in [0.4, 0.5) is 11.6 Å². The second-order valence-electron chi connectivity index (χ2n) is 8.57. The molecule has 2 N–H and O–H groups in total. The van der Waals surface area contributed by atoms with Crippen LogP contribution >= 0.6 is 23.2 Å². The Balaban J connectivity index is 1.37. The molecule has 0 bridgehead atoms. The second-order valence-corrected chi connectivity index (χ2v) is 11.1. The number of carbonyl (C=O) groups is 1. The molecule has 4 rings (SSSR count). The lowest BCUT2D eigenvalue weighted by atomic mass is 10.2. The molecule has 208 valence electrons. The minimum absolute atomic E-state index is 0.000653. The number of methoxy groups -OCH3 is 1.